The topological polar surface area (TPSA) is 51.7 Å². The Kier molecular flexibility index (Phi) is 4.10. The zero-order chi connectivity index (χ0) is 14.7. The minimum atomic E-state index is -0.193. The number of amides is 1. The van der Waals surface area contributed by atoms with E-state index in [1.54, 1.807) is 6.20 Å². The molecule has 1 aromatic rings. The molecule has 2 aliphatic rings. The number of ether oxygens (including phenoxy) is 2. The van der Waals surface area contributed by atoms with Crippen molar-refractivity contribution in [3.8, 4) is 5.88 Å². The summed E-state index contributed by atoms with van der Waals surface area (Å²) in [4.78, 5) is 18.0. The summed E-state index contributed by atoms with van der Waals surface area (Å²) in [5.41, 5.74) is -0.193. The molecular weight excluding hydrogens is 268 g/mol. The van der Waals surface area contributed by atoms with Crippen molar-refractivity contribution in [3.05, 3.63) is 24.4 Å². The normalized spacial score (nSPS) is 23.7. The Bertz CT molecular complexity index is 486. The molecule has 3 heterocycles. The highest BCUT2D eigenvalue weighted by molar-refractivity contribution is 5.77. The SMILES string of the molecule is CCCC(=O)N1CC2(C[C@@H](Oc3ccccn3)CCO2)C1. The Morgan fingerprint density at radius 2 is 2.38 bits per heavy atom. The standard InChI is InChI=1S/C16H22N2O3/c1-2-5-15(19)18-11-16(12-18)10-13(7-9-20-16)21-14-6-3-4-8-17-14/h3-4,6,8,13H,2,5,7,9-12H2,1H3/t13-/m0/s1. The van der Waals surface area contributed by atoms with Gasteiger partial charge in [0.25, 0.3) is 0 Å². The molecule has 0 aromatic carbocycles. The number of hydrogen-bond donors (Lipinski definition) is 0. The molecule has 0 N–H and O–H groups in total. The molecule has 2 fully saturated rings. The third-order valence-corrected chi connectivity index (χ3v) is 4.15. The summed E-state index contributed by atoms with van der Waals surface area (Å²) in [5, 5.41) is 0. The molecule has 2 saturated heterocycles. The van der Waals surface area contributed by atoms with Gasteiger partial charge < -0.3 is 14.4 Å². The summed E-state index contributed by atoms with van der Waals surface area (Å²) in [6, 6.07) is 5.67. The second-order valence-corrected chi connectivity index (χ2v) is 5.93. The van der Waals surface area contributed by atoms with Crippen molar-refractivity contribution in [2.45, 2.75) is 44.3 Å². The van der Waals surface area contributed by atoms with Crippen LogP contribution in [0.3, 0.4) is 0 Å². The first-order valence-electron chi connectivity index (χ1n) is 7.70. The van der Waals surface area contributed by atoms with Gasteiger partial charge in [-0.2, -0.15) is 0 Å². The Morgan fingerprint density at radius 1 is 1.52 bits per heavy atom. The van der Waals surface area contributed by atoms with Gasteiger partial charge in [-0.3, -0.25) is 4.79 Å². The predicted octanol–water partition coefficient (Wildman–Crippen LogP) is 2.02. The lowest BCUT2D eigenvalue weighted by Gasteiger charge is -2.52. The maximum absolute atomic E-state index is 11.9. The number of rotatable bonds is 4. The number of aromatic nitrogens is 1. The molecule has 2 aliphatic heterocycles. The summed E-state index contributed by atoms with van der Waals surface area (Å²) in [6.07, 6.45) is 5.09. The molecule has 0 saturated carbocycles. The van der Waals surface area contributed by atoms with Crippen molar-refractivity contribution in [1.29, 1.82) is 0 Å². The Labute approximate surface area is 125 Å². The van der Waals surface area contributed by atoms with Crippen LogP contribution in [0.4, 0.5) is 0 Å². The van der Waals surface area contributed by atoms with Crippen LogP contribution in [-0.2, 0) is 9.53 Å². The van der Waals surface area contributed by atoms with Gasteiger partial charge in [-0.15, -0.1) is 0 Å². The van der Waals surface area contributed by atoms with Crippen LogP contribution in [0.15, 0.2) is 24.4 Å². The quantitative estimate of drug-likeness (QED) is 0.851. The lowest BCUT2D eigenvalue weighted by Crippen LogP contribution is -2.67. The maximum Gasteiger partial charge on any atom is 0.222 e. The van der Waals surface area contributed by atoms with Gasteiger partial charge >= 0.3 is 0 Å². The number of pyridine rings is 1. The first-order chi connectivity index (χ1) is 10.2. The molecule has 0 bridgehead atoms. The monoisotopic (exact) mass is 290 g/mol. The highest BCUT2D eigenvalue weighted by atomic mass is 16.5. The van der Waals surface area contributed by atoms with E-state index in [1.807, 2.05) is 30.0 Å². The van der Waals surface area contributed by atoms with Gasteiger partial charge in [-0.1, -0.05) is 13.0 Å². The Balaban J connectivity index is 1.54. The van der Waals surface area contributed by atoms with Crippen molar-refractivity contribution in [3.63, 3.8) is 0 Å². The Hall–Kier alpha value is -1.62. The smallest absolute Gasteiger partial charge is 0.222 e. The molecule has 1 amide bonds. The molecule has 114 valence electrons. The van der Waals surface area contributed by atoms with Crippen LogP contribution in [0.25, 0.3) is 0 Å². The Morgan fingerprint density at radius 3 is 3.10 bits per heavy atom. The van der Waals surface area contributed by atoms with E-state index in [0.29, 0.717) is 32.0 Å². The minimum Gasteiger partial charge on any atom is -0.474 e. The van der Waals surface area contributed by atoms with E-state index in [4.69, 9.17) is 9.47 Å². The largest absolute Gasteiger partial charge is 0.474 e. The van der Waals surface area contributed by atoms with Crippen molar-refractivity contribution >= 4 is 5.91 Å². The van der Waals surface area contributed by atoms with Crippen molar-refractivity contribution in [2.75, 3.05) is 19.7 Å². The van der Waals surface area contributed by atoms with Gasteiger partial charge in [0.15, 0.2) is 0 Å². The van der Waals surface area contributed by atoms with Gasteiger partial charge in [-0.25, -0.2) is 4.98 Å². The van der Waals surface area contributed by atoms with E-state index in [9.17, 15) is 4.79 Å². The maximum atomic E-state index is 11.9. The molecule has 1 atom stereocenters. The van der Waals surface area contributed by atoms with Crippen molar-refractivity contribution in [1.82, 2.24) is 9.88 Å². The predicted molar refractivity (Wildman–Crippen MR) is 78.1 cm³/mol. The van der Waals surface area contributed by atoms with Crippen molar-refractivity contribution < 1.29 is 14.3 Å². The van der Waals surface area contributed by atoms with E-state index < -0.39 is 0 Å². The van der Waals surface area contributed by atoms with Crippen LogP contribution in [0.5, 0.6) is 5.88 Å². The summed E-state index contributed by atoms with van der Waals surface area (Å²) in [5.74, 6) is 0.900. The second-order valence-electron chi connectivity index (χ2n) is 5.93. The second kappa shape index (κ2) is 6.02. The van der Waals surface area contributed by atoms with Crippen LogP contribution in [0.2, 0.25) is 0 Å². The summed E-state index contributed by atoms with van der Waals surface area (Å²) in [7, 11) is 0. The van der Waals surface area contributed by atoms with Crippen LogP contribution in [0.1, 0.15) is 32.6 Å². The molecular formula is C16H22N2O3. The summed E-state index contributed by atoms with van der Waals surface area (Å²) >= 11 is 0. The van der Waals surface area contributed by atoms with Crippen LogP contribution >= 0.6 is 0 Å². The number of carbonyl (C=O) groups excluding carboxylic acids is 1. The minimum absolute atomic E-state index is 0.122. The van der Waals surface area contributed by atoms with Crippen LogP contribution < -0.4 is 4.74 Å². The van der Waals surface area contributed by atoms with Gasteiger partial charge in [0, 0.05) is 31.5 Å². The highest BCUT2D eigenvalue weighted by Gasteiger charge is 2.49. The fourth-order valence-electron chi connectivity index (χ4n) is 3.09. The van der Waals surface area contributed by atoms with Gasteiger partial charge in [-0.05, 0) is 12.5 Å². The van der Waals surface area contributed by atoms with Gasteiger partial charge in [0.2, 0.25) is 11.8 Å². The van der Waals surface area contributed by atoms with E-state index in [-0.39, 0.29) is 17.6 Å². The van der Waals surface area contributed by atoms with E-state index in [1.165, 1.54) is 0 Å². The molecule has 1 spiro atoms. The van der Waals surface area contributed by atoms with Crippen molar-refractivity contribution in [2.24, 2.45) is 0 Å². The molecule has 1 aromatic heterocycles. The first-order valence-corrected chi connectivity index (χ1v) is 7.70. The molecule has 5 nitrogen and oxygen atoms in total. The lowest BCUT2D eigenvalue weighted by atomic mass is 9.84. The lowest BCUT2D eigenvalue weighted by molar-refractivity contribution is -0.193. The first kappa shape index (κ1) is 14.3. The summed E-state index contributed by atoms with van der Waals surface area (Å²) in [6.45, 7) is 4.12. The molecule has 0 radical (unpaired) electrons. The average molecular weight is 290 g/mol. The number of likely N-dealkylation sites (tertiary alicyclic amines) is 1. The molecule has 0 unspecified atom stereocenters. The zero-order valence-electron chi connectivity index (χ0n) is 12.5. The fraction of sp³-hybridized carbons (Fsp3) is 0.625. The summed E-state index contributed by atoms with van der Waals surface area (Å²) < 4.78 is 11.9. The number of nitrogens with zero attached hydrogens (tertiary/aromatic N) is 2. The van der Waals surface area contributed by atoms with E-state index >= 15 is 0 Å². The van der Waals surface area contributed by atoms with Gasteiger partial charge in [0.05, 0.1) is 19.7 Å². The fourth-order valence-corrected chi connectivity index (χ4v) is 3.09. The molecule has 5 heteroatoms. The third-order valence-electron chi connectivity index (χ3n) is 4.15. The van der Waals surface area contributed by atoms with Crippen LogP contribution in [0, 0.1) is 0 Å². The van der Waals surface area contributed by atoms with Gasteiger partial charge in [0.1, 0.15) is 11.7 Å². The van der Waals surface area contributed by atoms with E-state index in [2.05, 4.69) is 4.98 Å². The number of hydrogen-bond acceptors (Lipinski definition) is 4. The average Bonchev–Trinajstić information content (AvgIpc) is 2.46. The third kappa shape index (κ3) is 3.18. The zero-order valence-corrected chi connectivity index (χ0v) is 12.5. The molecule has 3 rings (SSSR count). The van der Waals surface area contributed by atoms with E-state index in [0.717, 1.165) is 19.3 Å². The number of carbonyl (C=O) groups is 1. The van der Waals surface area contributed by atoms with Crippen LogP contribution in [-0.4, -0.2) is 47.2 Å². The molecule has 0 aliphatic carbocycles. The highest BCUT2D eigenvalue weighted by Crippen LogP contribution is 2.35. The molecule has 21 heavy (non-hydrogen) atoms.